The van der Waals surface area contributed by atoms with Crippen LogP contribution < -0.4 is 4.72 Å². The zero-order valence-corrected chi connectivity index (χ0v) is 26.8. The maximum Gasteiger partial charge on any atom is 0.416 e. The largest absolute Gasteiger partial charge is 0.416 e. The predicted octanol–water partition coefficient (Wildman–Crippen LogP) is 6.50. The summed E-state index contributed by atoms with van der Waals surface area (Å²) >= 11 is 0. The molecule has 5 rings (SSSR count). The maximum atomic E-state index is 15.6. The Hall–Kier alpha value is -1.72. The Labute approximate surface area is 258 Å². The number of halogens is 4. The van der Waals surface area contributed by atoms with Crippen molar-refractivity contribution in [3.63, 3.8) is 0 Å². The van der Waals surface area contributed by atoms with Gasteiger partial charge in [0.05, 0.1) is 22.7 Å². The Bertz CT molecular complexity index is 1340. The van der Waals surface area contributed by atoms with Gasteiger partial charge in [-0.25, -0.2) is 17.5 Å². The molecule has 12 atom stereocenters. The molecule has 4 aliphatic carbocycles. The lowest BCUT2D eigenvalue weighted by atomic mass is 9.41. The van der Waals surface area contributed by atoms with Crippen molar-refractivity contribution in [3.8, 4) is 0 Å². The number of sulfonamides is 1. The summed E-state index contributed by atoms with van der Waals surface area (Å²) in [5.41, 5.74) is -1.48. The summed E-state index contributed by atoms with van der Waals surface area (Å²) in [7, 11) is -4.46. The molecule has 0 radical (unpaired) electrons. The molecule has 0 heterocycles. The summed E-state index contributed by atoms with van der Waals surface area (Å²) in [5.74, 6) is -0.543. The van der Waals surface area contributed by atoms with E-state index in [1.807, 2.05) is 11.6 Å². The molecule has 0 spiro atoms. The zero-order valence-electron chi connectivity index (χ0n) is 26.0. The van der Waals surface area contributed by atoms with E-state index >= 15 is 4.39 Å². The van der Waals surface area contributed by atoms with Crippen LogP contribution >= 0.6 is 0 Å². The average Bonchev–Trinajstić information content (AvgIpc) is 3.31. The highest BCUT2D eigenvalue weighted by Gasteiger charge is 2.66. The molecule has 11 heteroatoms. The topological polar surface area (TPSA) is 104 Å². The summed E-state index contributed by atoms with van der Waals surface area (Å²) in [5, 5.41) is 22.2. The lowest BCUT2D eigenvalue weighted by Crippen LogP contribution is -2.65. The molecule has 0 bridgehead atoms. The van der Waals surface area contributed by atoms with E-state index in [1.165, 1.54) is 0 Å². The maximum absolute atomic E-state index is 15.6. The lowest BCUT2D eigenvalue weighted by molar-refractivity contribution is -0.222. The molecule has 3 N–H and O–H groups in total. The van der Waals surface area contributed by atoms with Gasteiger partial charge in [0.1, 0.15) is 6.17 Å². The normalized spacial score (nSPS) is 41.3. The van der Waals surface area contributed by atoms with Crippen molar-refractivity contribution in [2.24, 2.45) is 52.3 Å². The van der Waals surface area contributed by atoms with Gasteiger partial charge in [-0.15, -0.1) is 0 Å². The van der Waals surface area contributed by atoms with Gasteiger partial charge in [-0.05, 0) is 109 Å². The molecule has 4 fully saturated rings. The van der Waals surface area contributed by atoms with Crippen LogP contribution in [0.25, 0.3) is 0 Å². The first-order valence-corrected chi connectivity index (χ1v) is 17.7. The minimum atomic E-state index is -4.71. The highest BCUT2D eigenvalue weighted by molar-refractivity contribution is 7.90. The number of nitrogens with one attached hydrogen (secondary N) is 1. The Kier molecular flexibility index (Phi) is 9.04. The Balaban J connectivity index is 1.27. The molecular weight excluding hydrogens is 598 g/mol. The molecule has 1 aromatic carbocycles. The van der Waals surface area contributed by atoms with Gasteiger partial charge in [-0.3, -0.25) is 4.79 Å². The van der Waals surface area contributed by atoms with Gasteiger partial charge >= 0.3 is 6.18 Å². The fourth-order valence-corrected chi connectivity index (χ4v) is 11.7. The molecule has 44 heavy (non-hydrogen) atoms. The second-order valence-electron chi connectivity index (χ2n) is 14.7. The number of aliphatic hydroxyl groups is 2. The van der Waals surface area contributed by atoms with Crippen molar-refractivity contribution >= 4 is 15.9 Å². The monoisotopic (exact) mass is 645 g/mol. The Morgan fingerprint density at radius 2 is 1.73 bits per heavy atom. The first kappa shape index (κ1) is 33.6. The fourth-order valence-electron chi connectivity index (χ4n) is 10.6. The van der Waals surface area contributed by atoms with Crippen molar-refractivity contribution in [3.05, 3.63) is 29.8 Å². The summed E-state index contributed by atoms with van der Waals surface area (Å²) < 4.78 is 82.1. The number of hydrogen-bond donors (Lipinski definition) is 3. The second kappa shape index (κ2) is 11.8. The number of carbonyl (C=O) groups is 1. The quantitative estimate of drug-likeness (QED) is 0.294. The van der Waals surface area contributed by atoms with Gasteiger partial charge in [0.2, 0.25) is 5.91 Å². The van der Waals surface area contributed by atoms with Gasteiger partial charge in [0, 0.05) is 12.3 Å². The predicted molar refractivity (Wildman–Crippen MR) is 157 cm³/mol. The SMILES string of the molecule is CC[C@H]1[C@@H](O)[C@@H]2[C@H](CC[C@]3(C)[C@@H]([C@H](C)CCC(=O)NS(=O)(=O)c4cccc(C(F)(F)F)c4)CC[C@@H]23)[C@@]2(C)CC[C@@H](O)[C@H](F)[C@@H]12. The van der Waals surface area contributed by atoms with E-state index in [2.05, 4.69) is 20.8 Å². The third kappa shape index (κ3) is 5.61. The first-order chi connectivity index (χ1) is 20.5. The molecule has 248 valence electrons. The number of rotatable bonds is 7. The molecule has 1 amide bonds. The van der Waals surface area contributed by atoms with Gasteiger partial charge in [-0.1, -0.05) is 40.2 Å². The van der Waals surface area contributed by atoms with Gasteiger partial charge in [0.25, 0.3) is 10.0 Å². The van der Waals surface area contributed by atoms with Crippen LogP contribution in [0.4, 0.5) is 17.6 Å². The highest BCUT2D eigenvalue weighted by Crippen LogP contribution is 2.69. The minimum Gasteiger partial charge on any atom is -0.393 e. The summed E-state index contributed by atoms with van der Waals surface area (Å²) in [4.78, 5) is 12.1. The molecular formula is C33H47F4NO5S. The molecule has 1 aromatic rings. The van der Waals surface area contributed by atoms with Crippen molar-refractivity contribution in [1.82, 2.24) is 4.72 Å². The number of amides is 1. The number of alkyl halides is 4. The van der Waals surface area contributed by atoms with Crippen LogP contribution in [0.5, 0.6) is 0 Å². The van der Waals surface area contributed by atoms with Crippen LogP contribution in [-0.4, -0.2) is 42.9 Å². The van der Waals surface area contributed by atoms with Gasteiger partial charge in [-0.2, -0.15) is 13.2 Å². The van der Waals surface area contributed by atoms with Crippen molar-refractivity contribution in [1.29, 1.82) is 0 Å². The summed E-state index contributed by atoms with van der Waals surface area (Å²) in [6, 6.07) is 3.31. The second-order valence-corrected chi connectivity index (χ2v) is 16.4. The Morgan fingerprint density at radius 3 is 2.39 bits per heavy atom. The van der Waals surface area contributed by atoms with E-state index in [1.54, 1.807) is 0 Å². The molecule has 4 saturated carbocycles. The van der Waals surface area contributed by atoms with E-state index in [-0.39, 0.29) is 58.7 Å². The van der Waals surface area contributed by atoms with E-state index in [0.717, 1.165) is 50.3 Å². The molecule has 4 aliphatic rings. The van der Waals surface area contributed by atoms with Crippen molar-refractivity contribution in [2.75, 3.05) is 0 Å². The first-order valence-electron chi connectivity index (χ1n) is 16.2. The third-order valence-electron chi connectivity index (χ3n) is 12.7. The molecule has 6 nitrogen and oxygen atoms in total. The molecule has 0 aromatic heterocycles. The van der Waals surface area contributed by atoms with Crippen LogP contribution in [-0.2, 0) is 21.0 Å². The van der Waals surface area contributed by atoms with Crippen molar-refractivity contribution < 1.29 is 41.0 Å². The molecule has 0 unspecified atom stereocenters. The van der Waals surface area contributed by atoms with Gasteiger partial charge < -0.3 is 10.2 Å². The summed E-state index contributed by atoms with van der Waals surface area (Å²) in [6.45, 7) is 8.54. The van der Waals surface area contributed by atoms with Crippen LogP contribution in [0, 0.1) is 52.3 Å². The average molecular weight is 646 g/mol. The molecule has 0 aliphatic heterocycles. The number of benzene rings is 1. The van der Waals surface area contributed by atoms with E-state index in [0.29, 0.717) is 25.3 Å². The number of carbonyl (C=O) groups excluding carboxylic acids is 1. The standard InChI is InChI=1S/C33H47F4NO5S/c1-5-21-28-29(34)25(39)14-16-32(28,4)24-13-15-31(3)22(10-11-23(31)27(24)30(21)41)18(2)9-12-26(40)38-44(42,43)20-8-6-7-19(17-20)33(35,36)37/h6-8,17-18,21-25,27-30,39,41H,5,9-16H2,1-4H3,(H,38,40)/t18-,21-,22-,23+,24+,25-,27+,28-,29+,30-,31-,32-/m1/s1. The summed E-state index contributed by atoms with van der Waals surface area (Å²) in [6.07, 6.45) is -1.82. The van der Waals surface area contributed by atoms with Crippen LogP contribution in [0.15, 0.2) is 29.2 Å². The minimum absolute atomic E-state index is 0.0421. The van der Waals surface area contributed by atoms with E-state index < -0.39 is 50.9 Å². The van der Waals surface area contributed by atoms with E-state index in [4.69, 9.17) is 0 Å². The fraction of sp³-hybridized carbons (Fsp3) is 0.788. The Morgan fingerprint density at radius 1 is 1.07 bits per heavy atom. The van der Waals surface area contributed by atoms with Crippen LogP contribution in [0.3, 0.4) is 0 Å². The van der Waals surface area contributed by atoms with E-state index in [9.17, 15) is 36.6 Å². The van der Waals surface area contributed by atoms with Crippen molar-refractivity contribution in [2.45, 2.75) is 115 Å². The molecule has 0 saturated heterocycles. The highest BCUT2D eigenvalue weighted by atomic mass is 32.2. The zero-order chi connectivity index (χ0) is 32.4. The number of hydrogen-bond acceptors (Lipinski definition) is 5. The van der Waals surface area contributed by atoms with Crippen LogP contribution in [0.1, 0.15) is 91.0 Å². The van der Waals surface area contributed by atoms with Gasteiger partial charge in [0.15, 0.2) is 0 Å². The number of aliphatic hydroxyl groups excluding tert-OH is 2. The smallest absolute Gasteiger partial charge is 0.393 e. The van der Waals surface area contributed by atoms with Crippen LogP contribution in [0.2, 0.25) is 0 Å². The number of fused-ring (bicyclic) bond motifs is 5. The lowest BCUT2D eigenvalue weighted by Gasteiger charge is -2.65. The third-order valence-corrected chi connectivity index (χ3v) is 14.1.